The van der Waals surface area contributed by atoms with Crippen LogP contribution in [0.2, 0.25) is 0 Å². The molecule has 1 aliphatic carbocycles. The molecule has 0 aliphatic heterocycles. The number of hydrogen-bond donors (Lipinski definition) is 1. The molecule has 1 aromatic heterocycles. The van der Waals surface area contributed by atoms with Crippen molar-refractivity contribution in [3.05, 3.63) is 22.4 Å². The number of pyridine rings is 1. The molecule has 1 aromatic rings. The number of aryl methyl sites for hydroxylation is 1. The van der Waals surface area contributed by atoms with Crippen LogP contribution in [0.25, 0.3) is 0 Å². The van der Waals surface area contributed by atoms with Gasteiger partial charge in [0.15, 0.2) is 0 Å². The fraction of sp³-hybridized carbons (Fsp3) is 0.625. The van der Waals surface area contributed by atoms with Crippen LogP contribution < -0.4 is 4.74 Å². The Balaban J connectivity index is 1.99. The lowest BCUT2D eigenvalue weighted by molar-refractivity contribution is 0.0746. The summed E-state index contributed by atoms with van der Waals surface area (Å²) in [5.74, 6) is 0.710. The molecule has 0 bridgehead atoms. The Morgan fingerprint density at radius 2 is 2.14 bits per heavy atom. The first-order chi connectivity index (χ1) is 10.1. The highest BCUT2D eigenvalue weighted by Crippen LogP contribution is 2.47. The largest absolute Gasteiger partial charge is 0.491 e. The first-order valence-corrected chi connectivity index (χ1v) is 8.18. The number of aromatic nitrogens is 1. The highest BCUT2D eigenvalue weighted by atomic mass is 79.9. The van der Waals surface area contributed by atoms with Crippen LogP contribution in [0, 0.1) is 12.3 Å². The van der Waals surface area contributed by atoms with Gasteiger partial charge in [0.1, 0.15) is 5.75 Å². The van der Waals surface area contributed by atoms with E-state index < -0.39 is 11.6 Å². The molecule has 6 heteroatoms. The van der Waals surface area contributed by atoms with Gasteiger partial charge in [-0.2, -0.15) is 0 Å². The van der Waals surface area contributed by atoms with Gasteiger partial charge in [0.2, 0.25) is 0 Å². The molecule has 1 heterocycles. The number of halogens is 1. The number of rotatable bonds is 5. The summed E-state index contributed by atoms with van der Waals surface area (Å²) in [6.07, 6.45) is 2.81. The van der Waals surface area contributed by atoms with Crippen molar-refractivity contribution in [1.82, 2.24) is 9.88 Å². The van der Waals surface area contributed by atoms with Gasteiger partial charge in [-0.25, -0.2) is 4.79 Å². The van der Waals surface area contributed by atoms with E-state index >= 15 is 0 Å². The Labute approximate surface area is 139 Å². The van der Waals surface area contributed by atoms with Crippen molar-refractivity contribution in [3.63, 3.8) is 0 Å². The number of nitrogens with zero attached hydrogens (tertiary/aromatic N) is 2. The molecule has 1 amide bonds. The molecule has 0 radical (unpaired) electrons. The van der Waals surface area contributed by atoms with E-state index in [1.165, 1.54) is 4.90 Å². The van der Waals surface area contributed by atoms with E-state index in [4.69, 9.17) is 4.74 Å². The molecule has 0 saturated heterocycles. The quantitative estimate of drug-likeness (QED) is 0.847. The molecular formula is C16H23BrN2O3. The van der Waals surface area contributed by atoms with E-state index in [1.807, 2.05) is 33.8 Å². The van der Waals surface area contributed by atoms with E-state index in [2.05, 4.69) is 20.9 Å². The van der Waals surface area contributed by atoms with Crippen LogP contribution in [-0.2, 0) is 0 Å². The van der Waals surface area contributed by atoms with Gasteiger partial charge < -0.3 is 14.7 Å². The zero-order chi connectivity index (χ0) is 16.5. The minimum absolute atomic E-state index is 0.0664. The number of amides is 1. The van der Waals surface area contributed by atoms with Crippen molar-refractivity contribution in [2.75, 3.05) is 13.2 Å². The van der Waals surface area contributed by atoms with Crippen molar-refractivity contribution in [1.29, 1.82) is 0 Å². The smallest absolute Gasteiger partial charge is 0.407 e. The van der Waals surface area contributed by atoms with Crippen molar-refractivity contribution < 1.29 is 14.6 Å². The van der Waals surface area contributed by atoms with Crippen LogP contribution in [0.5, 0.6) is 5.75 Å². The van der Waals surface area contributed by atoms with Crippen LogP contribution in [-0.4, -0.2) is 39.8 Å². The normalized spacial score (nSPS) is 16.2. The predicted molar refractivity (Wildman–Crippen MR) is 88.3 cm³/mol. The molecule has 1 fully saturated rings. The number of hydrogen-bond acceptors (Lipinski definition) is 3. The van der Waals surface area contributed by atoms with E-state index in [0.29, 0.717) is 18.9 Å². The number of carbonyl (C=O) groups is 1. The van der Waals surface area contributed by atoms with Crippen LogP contribution in [0.1, 0.15) is 39.3 Å². The third kappa shape index (κ3) is 4.12. The average Bonchev–Trinajstić information content (AvgIpc) is 3.16. The average molecular weight is 371 g/mol. The van der Waals surface area contributed by atoms with Crippen LogP contribution in [0.3, 0.4) is 0 Å². The van der Waals surface area contributed by atoms with Gasteiger partial charge in [0.05, 0.1) is 18.5 Å². The summed E-state index contributed by atoms with van der Waals surface area (Å²) in [6.45, 7) is 8.69. The summed E-state index contributed by atoms with van der Waals surface area (Å²) in [4.78, 5) is 17.2. The lowest BCUT2D eigenvalue weighted by atomic mass is 10.0. The minimum Gasteiger partial charge on any atom is -0.491 e. The first kappa shape index (κ1) is 17.1. The standard InChI is InChI=1S/C16H23BrN2O3/c1-11-13(17)7-12(8-18-11)22-10-16(5-6-16)9-19(14(20)21)15(2,3)4/h7-8H,5-6,9-10H2,1-4H3,(H,20,21). The lowest BCUT2D eigenvalue weighted by Crippen LogP contribution is -2.48. The molecule has 1 N–H and O–H groups in total. The molecule has 0 aromatic carbocycles. The molecule has 1 aliphatic rings. The highest BCUT2D eigenvalue weighted by Gasteiger charge is 2.47. The molecule has 0 spiro atoms. The second-order valence-corrected chi connectivity index (χ2v) is 7.92. The molecule has 122 valence electrons. The highest BCUT2D eigenvalue weighted by molar-refractivity contribution is 9.10. The number of carboxylic acid groups (broad SMARTS) is 1. The summed E-state index contributed by atoms with van der Waals surface area (Å²) >= 11 is 3.44. The van der Waals surface area contributed by atoms with Crippen molar-refractivity contribution in [2.24, 2.45) is 5.41 Å². The molecule has 2 rings (SSSR count). The van der Waals surface area contributed by atoms with Crippen LogP contribution in [0.4, 0.5) is 4.79 Å². The third-order valence-corrected chi connectivity index (χ3v) is 4.84. The summed E-state index contributed by atoms with van der Waals surface area (Å²) in [5.41, 5.74) is 0.442. The molecule has 0 atom stereocenters. The van der Waals surface area contributed by atoms with E-state index in [-0.39, 0.29) is 5.41 Å². The van der Waals surface area contributed by atoms with E-state index in [0.717, 1.165) is 23.0 Å². The zero-order valence-corrected chi connectivity index (χ0v) is 15.1. The minimum atomic E-state index is -0.876. The monoisotopic (exact) mass is 370 g/mol. The zero-order valence-electron chi connectivity index (χ0n) is 13.5. The maximum atomic E-state index is 11.5. The molecular weight excluding hydrogens is 348 g/mol. The predicted octanol–water partition coefficient (Wildman–Crippen LogP) is 4.09. The Morgan fingerprint density at radius 3 is 2.59 bits per heavy atom. The first-order valence-electron chi connectivity index (χ1n) is 7.38. The van der Waals surface area contributed by atoms with Gasteiger partial charge in [-0.3, -0.25) is 4.98 Å². The van der Waals surface area contributed by atoms with Gasteiger partial charge in [-0.1, -0.05) is 0 Å². The van der Waals surface area contributed by atoms with Gasteiger partial charge in [-0.05, 0) is 62.5 Å². The lowest BCUT2D eigenvalue weighted by Gasteiger charge is -2.36. The van der Waals surface area contributed by atoms with E-state index in [1.54, 1.807) is 6.20 Å². The summed E-state index contributed by atoms with van der Waals surface area (Å²) < 4.78 is 6.76. The second-order valence-electron chi connectivity index (χ2n) is 7.07. The maximum absolute atomic E-state index is 11.5. The maximum Gasteiger partial charge on any atom is 0.407 e. The molecule has 22 heavy (non-hydrogen) atoms. The van der Waals surface area contributed by atoms with Crippen molar-refractivity contribution >= 4 is 22.0 Å². The van der Waals surface area contributed by atoms with Gasteiger partial charge in [-0.15, -0.1) is 0 Å². The fourth-order valence-corrected chi connectivity index (χ4v) is 2.58. The second kappa shape index (κ2) is 6.07. The summed E-state index contributed by atoms with van der Waals surface area (Å²) in [7, 11) is 0. The third-order valence-electron chi connectivity index (χ3n) is 4.04. The summed E-state index contributed by atoms with van der Waals surface area (Å²) in [6, 6.07) is 1.90. The Kier molecular flexibility index (Phi) is 4.70. The molecule has 0 unspecified atom stereocenters. The van der Waals surface area contributed by atoms with Crippen molar-refractivity contribution in [2.45, 2.75) is 46.1 Å². The van der Waals surface area contributed by atoms with E-state index in [9.17, 15) is 9.90 Å². The van der Waals surface area contributed by atoms with Crippen LogP contribution in [0.15, 0.2) is 16.7 Å². The fourth-order valence-electron chi connectivity index (χ4n) is 2.26. The van der Waals surface area contributed by atoms with Gasteiger partial charge in [0, 0.05) is 22.0 Å². The Morgan fingerprint density at radius 1 is 1.50 bits per heavy atom. The van der Waals surface area contributed by atoms with Gasteiger partial charge >= 0.3 is 6.09 Å². The Hall–Kier alpha value is -1.30. The molecule has 5 nitrogen and oxygen atoms in total. The van der Waals surface area contributed by atoms with Crippen LogP contribution >= 0.6 is 15.9 Å². The topological polar surface area (TPSA) is 62.7 Å². The van der Waals surface area contributed by atoms with Gasteiger partial charge in [0.25, 0.3) is 0 Å². The SMILES string of the molecule is Cc1ncc(OCC2(CN(C(=O)O)C(C)(C)C)CC2)cc1Br. The molecule has 1 saturated carbocycles. The Bertz CT molecular complexity index is 565. The summed E-state index contributed by atoms with van der Waals surface area (Å²) in [5, 5.41) is 9.42. The number of ether oxygens (including phenoxy) is 1. The van der Waals surface area contributed by atoms with Crippen molar-refractivity contribution in [3.8, 4) is 5.75 Å².